The zero-order valence-corrected chi connectivity index (χ0v) is 37.4. The van der Waals surface area contributed by atoms with Gasteiger partial charge in [0.2, 0.25) is 0 Å². The fourth-order valence-corrected chi connectivity index (χ4v) is 6.96. The lowest BCUT2D eigenvalue weighted by molar-refractivity contribution is -0.167. The van der Waals surface area contributed by atoms with E-state index in [0.29, 0.717) is 19.3 Å². The van der Waals surface area contributed by atoms with Crippen LogP contribution >= 0.6 is 0 Å². The summed E-state index contributed by atoms with van der Waals surface area (Å²) >= 11 is 0. The van der Waals surface area contributed by atoms with Crippen LogP contribution in [0.4, 0.5) is 0 Å². The van der Waals surface area contributed by atoms with Gasteiger partial charge in [0.1, 0.15) is 13.2 Å². The molecular weight excluding hydrogens is 697 g/mol. The monoisotopic (exact) mass is 789 g/mol. The SMILES string of the molecule is CCCCCCC/C=C\CCCCCCCC(=O)OC(COC(=O)CCCCCCC)COC(=O)CCCCCCCCCCC/C=C\CCCCCCCC. The summed E-state index contributed by atoms with van der Waals surface area (Å²) in [5, 5.41) is 0. The lowest BCUT2D eigenvalue weighted by Gasteiger charge is -2.18. The molecule has 0 spiro atoms. The predicted molar refractivity (Wildman–Crippen MR) is 238 cm³/mol. The van der Waals surface area contributed by atoms with Crippen molar-refractivity contribution in [1.82, 2.24) is 0 Å². The first kappa shape index (κ1) is 53.9. The molecule has 0 N–H and O–H groups in total. The smallest absolute Gasteiger partial charge is 0.306 e. The molecule has 1 atom stereocenters. The molecule has 0 fully saturated rings. The normalized spacial score (nSPS) is 12.1. The highest BCUT2D eigenvalue weighted by molar-refractivity contribution is 5.71. The number of carbonyl (C=O) groups is 3. The van der Waals surface area contributed by atoms with Gasteiger partial charge in [-0.05, 0) is 70.6 Å². The molecule has 0 aromatic rings. The van der Waals surface area contributed by atoms with Crippen LogP contribution < -0.4 is 0 Å². The molecule has 0 aliphatic rings. The summed E-state index contributed by atoms with van der Waals surface area (Å²) in [6.45, 7) is 6.54. The first-order valence-electron chi connectivity index (χ1n) is 24.3. The number of unbranched alkanes of at least 4 members (excludes halogenated alkanes) is 29. The molecule has 0 amide bonds. The van der Waals surface area contributed by atoms with Crippen LogP contribution in [0.5, 0.6) is 0 Å². The van der Waals surface area contributed by atoms with Crippen molar-refractivity contribution >= 4 is 17.9 Å². The van der Waals surface area contributed by atoms with Crippen LogP contribution in [-0.4, -0.2) is 37.2 Å². The zero-order valence-electron chi connectivity index (χ0n) is 37.4. The number of hydrogen-bond donors (Lipinski definition) is 0. The largest absolute Gasteiger partial charge is 0.462 e. The van der Waals surface area contributed by atoms with Crippen molar-refractivity contribution in [2.45, 2.75) is 264 Å². The van der Waals surface area contributed by atoms with E-state index in [9.17, 15) is 14.4 Å². The molecule has 0 aliphatic carbocycles. The third kappa shape index (κ3) is 43.0. The highest BCUT2D eigenvalue weighted by Gasteiger charge is 2.19. The number of rotatable bonds is 44. The molecule has 0 aliphatic heterocycles. The highest BCUT2D eigenvalue weighted by Crippen LogP contribution is 2.15. The van der Waals surface area contributed by atoms with E-state index in [0.717, 1.165) is 70.6 Å². The quantitative estimate of drug-likeness (QED) is 0.0265. The van der Waals surface area contributed by atoms with Gasteiger partial charge in [-0.15, -0.1) is 0 Å². The molecular formula is C50H92O6. The Hall–Kier alpha value is -2.11. The van der Waals surface area contributed by atoms with Gasteiger partial charge in [-0.3, -0.25) is 14.4 Å². The third-order valence-electron chi connectivity index (χ3n) is 10.7. The molecule has 6 nitrogen and oxygen atoms in total. The molecule has 0 bridgehead atoms. The van der Waals surface area contributed by atoms with E-state index < -0.39 is 6.10 Å². The second-order valence-corrected chi connectivity index (χ2v) is 16.4. The Morgan fingerprint density at radius 1 is 0.339 bits per heavy atom. The van der Waals surface area contributed by atoms with Gasteiger partial charge in [0.05, 0.1) is 0 Å². The molecule has 328 valence electrons. The number of hydrogen-bond acceptors (Lipinski definition) is 6. The van der Waals surface area contributed by atoms with E-state index in [2.05, 4.69) is 45.1 Å². The summed E-state index contributed by atoms with van der Waals surface area (Å²) in [6, 6.07) is 0. The molecule has 0 radical (unpaired) electrons. The van der Waals surface area contributed by atoms with Crippen LogP contribution in [0.15, 0.2) is 24.3 Å². The van der Waals surface area contributed by atoms with Crippen LogP contribution in [0, 0.1) is 0 Å². The second kappa shape index (κ2) is 45.6. The minimum atomic E-state index is -0.768. The van der Waals surface area contributed by atoms with Gasteiger partial charge in [-0.1, -0.05) is 193 Å². The third-order valence-corrected chi connectivity index (χ3v) is 10.7. The summed E-state index contributed by atoms with van der Waals surface area (Å²) in [5.41, 5.74) is 0. The number of ether oxygens (including phenoxy) is 3. The number of esters is 3. The minimum Gasteiger partial charge on any atom is -0.462 e. The van der Waals surface area contributed by atoms with Crippen LogP contribution in [0.3, 0.4) is 0 Å². The van der Waals surface area contributed by atoms with Crippen molar-refractivity contribution in [3.05, 3.63) is 24.3 Å². The lowest BCUT2D eigenvalue weighted by atomic mass is 10.1. The van der Waals surface area contributed by atoms with E-state index in [1.165, 1.54) is 148 Å². The van der Waals surface area contributed by atoms with E-state index >= 15 is 0 Å². The van der Waals surface area contributed by atoms with Crippen molar-refractivity contribution in [1.29, 1.82) is 0 Å². The predicted octanol–water partition coefficient (Wildman–Crippen LogP) is 15.6. The van der Waals surface area contributed by atoms with Crippen LogP contribution in [0.1, 0.15) is 258 Å². The zero-order chi connectivity index (χ0) is 40.8. The number of carbonyl (C=O) groups excluding carboxylic acids is 3. The summed E-state index contributed by atoms with van der Waals surface area (Å²) in [6.07, 6.45) is 50.5. The lowest BCUT2D eigenvalue weighted by Crippen LogP contribution is -2.30. The fourth-order valence-electron chi connectivity index (χ4n) is 6.96. The van der Waals surface area contributed by atoms with Gasteiger partial charge in [0.25, 0.3) is 0 Å². The Labute approximate surface area is 347 Å². The maximum atomic E-state index is 12.7. The van der Waals surface area contributed by atoms with Gasteiger partial charge in [0, 0.05) is 19.3 Å². The van der Waals surface area contributed by atoms with E-state index in [1.807, 2.05) is 0 Å². The van der Waals surface area contributed by atoms with Crippen molar-refractivity contribution < 1.29 is 28.6 Å². The summed E-state index contributed by atoms with van der Waals surface area (Å²) in [7, 11) is 0. The Morgan fingerprint density at radius 3 is 0.893 bits per heavy atom. The van der Waals surface area contributed by atoms with Gasteiger partial charge < -0.3 is 14.2 Å². The summed E-state index contributed by atoms with van der Waals surface area (Å²) in [4.78, 5) is 37.5. The van der Waals surface area contributed by atoms with Gasteiger partial charge in [-0.25, -0.2) is 0 Å². The van der Waals surface area contributed by atoms with Crippen molar-refractivity contribution in [3.8, 4) is 0 Å². The molecule has 0 saturated heterocycles. The van der Waals surface area contributed by atoms with Crippen molar-refractivity contribution in [3.63, 3.8) is 0 Å². The molecule has 0 heterocycles. The Balaban J connectivity index is 4.16. The average Bonchev–Trinajstić information content (AvgIpc) is 3.19. The first-order chi connectivity index (χ1) is 27.5. The highest BCUT2D eigenvalue weighted by atomic mass is 16.6. The average molecular weight is 789 g/mol. The molecule has 0 aromatic carbocycles. The van der Waals surface area contributed by atoms with Crippen LogP contribution in [0.25, 0.3) is 0 Å². The Morgan fingerprint density at radius 2 is 0.589 bits per heavy atom. The molecule has 1 unspecified atom stereocenters. The molecule has 0 rings (SSSR count). The van der Waals surface area contributed by atoms with Crippen molar-refractivity contribution in [2.24, 2.45) is 0 Å². The maximum absolute atomic E-state index is 12.7. The second-order valence-electron chi connectivity index (χ2n) is 16.4. The topological polar surface area (TPSA) is 78.9 Å². The van der Waals surface area contributed by atoms with E-state index in [-0.39, 0.29) is 31.1 Å². The maximum Gasteiger partial charge on any atom is 0.306 e. The molecule has 56 heavy (non-hydrogen) atoms. The number of allylic oxidation sites excluding steroid dienone is 4. The Kier molecular flexibility index (Phi) is 43.9. The fraction of sp³-hybridized carbons (Fsp3) is 0.860. The van der Waals surface area contributed by atoms with Gasteiger partial charge in [0.15, 0.2) is 6.10 Å². The standard InChI is InChI=1S/C50H92O6/c1-4-7-10-13-15-17-19-21-23-24-25-26-27-29-30-32-34-37-40-43-49(52)55-46-47(45-54-48(51)42-39-36-12-9-6-3)56-50(53)44-41-38-35-33-31-28-22-20-18-16-14-11-8-5-2/h20-23,47H,4-19,24-46H2,1-3H3/b22-20-,23-21-. The van der Waals surface area contributed by atoms with Crippen LogP contribution in [-0.2, 0) is 28.6 Å². The van der Waals surface area contributed by atoms with Crippen molar-refractivity contribution in [2.75, 3.05) is 13.2 Å². The first-order valence-corrected chi connectivity index (χ1v) is 24.3. The Bertz CT molecular complexity index is 911. The minimum absolute atomic E-state index is 0.0739. The van der Waals surface area contributed by atoms with E-state index in [1.54, 1.807) is 0 Å². The molecule has 6 heteroatoms. The summed E-state index contributed by atoms with van der Waals surface area (Å²) < 4.78 is 16.6. The molecule has 0 aromatic heterocycles. The van der Waals surface area contributed by atoms with Crippen LogP contribution in [0.2, 0.25) is 0 Å². The molecule has 0 saturated carbocycles. The summed E-state index contributed by atoms with van der Waals surface area (Å²) in [5.74, 6) is -0.891. The van der Waals surface area contributed by atoms with Gasteiger partial charge in [-0.2, -0.15) is 0 Å². The van der Waals surface area contributed by atoms with Gasteiger partial charge >= 0.3 is 17.9 Å². The van der Waals surface area contributed by atoms with E-state index in [4.69, 9.17) is 14.2 Å².